The summed E-state index contributed by atoms with van der Waals surface area (Å²) in [4.78, 5) is 36.5. The summed E-state index contributed by atoms with van der Waals surface area (Å²) in [6, 6.07) is 22.4. The fourth-order valence-corrected chi connectivity index (χ4v) is 6.12. The van der Waals surface area contributed by atoms with Gasteiger partial charge in [-0.15, -0.1) is 0 Å². The van der Waals surface area contributed by atoms with Gasteiger partial charge in [0.25, 0.3) is 11.1 Å². The number of pyridine rings is 2. The maximum atomic E-state index is 13.7. The summed E-state index contributed by atoms with van der Waals surface area (Å²) >= 11 is 6.44. The average molecular weight is 886 g/mol. The molecule has 0 saturated carbocycles. The molecular formula is C40H30Br2F4N2O7. The zero-order chi connectivity index (χ0) is 40.0. The monoisotopic (exact) mass is 884 g/mol. The first-order valence-electron chi connectivity index (χ1n) is 16.2. The maximum absolute atomic E-state index is 13.7. The second-order valence-electron chi connectivity index (χ2n) is 11.9. The molecule has 2 heterocycles. The van der Waals surface area contributed by atoms with Gasteiger partial charge < -0.3 is 19.7 Å². The minimum atomic E-state index is -1.06. The number of ether oxygens (including phenoxy) is 2. The number of benzene rings is 4. The van der Waals surface area contributed by atoms with E-state index in [0.29, 0.717) is 22.8 Å². The Balaban J connectivity index is 0.000000211. The number of carboxylic acid groups (broad SMARTS) is 1. The predicted molar refractivity (Wildman–Crippen MR) is 203 cm³/mol. The third kappa shape index (κ3) is 9.60. The largest absolute Gasteiger partial charge is 0.487 e. The second-order valence-corrected chi connectivity index (χ2v) is 13.5. The molecule has 4 aromatic carbocycles. The first-order valence-corrected chi connectivity index (χ1v) is 17.8. The Bertz CT molecular complexity index is 2490. The number of hydrogen-bond acceptors (Lipinski definition) is 6. The van der Waals surface area contributed by atoms with Crippen LogP contribution in [0.5, 0.6) is 11.5 Å². The number of rotatable bonds is 10. The lowest BCUT2D eigenvalue weighted by Gasteiger charge is -2.15. The predicted octanol–water partition coefficient (Wildman–Crippen LogP) is 8.72. The van der Waals surface area contributed by atoms with Crippen molar-refractivity contribution in [1.82, 2.24) is 9.13 Å². The van der Waals surface area contributed by atoms with Crippen LogP contribution in [0.4, 0.5) is 17.6 Å². The lowest BCUT2D eigenvalue weighted by Crippen LogP contribution is -2.22. The van der Waals surface area contributed by atoms with Crippen LogP contribution < -0.4 is 20.6 Å². The van der Waals surface area contributed by atoms with Gasteiger partial charge in [-0.2, -0.15) is 0 Å². The van der Waals surface area contributed by atoms with E-state index in [1.807, 2.05) is 0 Å². The highest BCUT2D eigenvalue weighted by atomic mass is 79.9. The second kappa shape index (κ2) is 17.8. The molecule has 9 nitrogen and oxygen atoms in total. The number of hydrogen-bond donors (Lipinski definition) is 2. The number of carboxylic acids is 1. The van der Waals surface area contributed by atoms with Crippen LogP contribution in [0.15, 0.2) is 116 Å². The van der Waals surface area contributed by atoms with Crippen LogP contribution in [0, 0.1) is 37.1 Å². The molecule has 6 rings (SSSR count). The molecule has 2 aromatic heterocycles. The summed E-state index contributed by atoms with van der Waals surface area (Å²) in [6.45, 7) is 3.04. The highest BCUT2D eigenvalue weighted by Crippen LogP contribution is 2.27. The Kier molecular flexibility index (Phi) is 13.1. The number of aromatic nitrogens is 2. The van der Waals surface area contributed by atoms with E-state index in [1.54, 1.807) is 50.2 Å². The van der Waals surface area contributed by atoms with Crippen LogP contribution >= 0.6 is 31.9 Å². The van der Waals surface area contributed by atoms with Gasteiger partial charge in [0.2, 0.25) is 0 Å². The van der Waals surface area contributed by atoms with E-state index >= 15 is 0 Å². The van der Waals surface area contributed by atoms with E-state index in [4.69, 9.17) is 19.7 Å². The summed E-state index contributed by atoms with van der Waals surface area (Å²) in [6.07, 6.45) is 0. The van der Waals surface area contributed by atoms with Gasteiger partial charge in [-0.05, 0) is 112 Å². The highest BCUT2D eigenvalue weighted by Gasteiger charge is 2.17. The van der Waals surface area contributed by atoms with Crippen LogP contribution in [-0.4, -0.2) is 25.3 Å². The number of aliphatic hydroxyl groups is 1. The number of aromatic carboxylic acids is 1. The van der Waals surface area contributed by atoms with Crippen LogP contribution in [0.3, 0.4) is 0 Å². The lowest BCUT2D eigenvalue weighted by molar-refractivity contribution is 0.0697. The van der Waals surface area contributed by atoms with E-state index in [0.717, 1.165) is 29.8 Å². The molecule has 0 radical (unpaired) electrons. The number of aryl methyl sites for hydroxylation is 2. The van der Waals surface area contributed by atoms with Crippen molar-refractivity contribution in [1.29, 1.82) is 0 Å². The van der Waals surface area contributed by atoms with Gasteiger partial charge in [0.15, 0.2) is 0 Å². The average Bonchev–Trinajstić information content (AvgIpc) is 3.15. The fourth-order valence-electron chi connectivity index (χ4n) is 5.31. The Morgan fingerprint density at radius 1 is 0.636 bits per heavy atom. The number of halogens is 6. The Hall–Kier alpha value is -5.51. The molecule has 0 saturated heterocycles. The van der Waals surface area contributed by atoms with Gasteiger partial charge in [0.05, 0.1) is 12.2 Å². The molecule has 0 fully saturated rings. The zero-order valence-electron chi connectivity index (χ0n) is 29.0. The van der Waals surface area contributed by atoms with E-state index in [9.17, 15) is 31.9 Å². The van der Waals surface area contributed by atoms with Crippen molar-refractivity contribution < 1.29 is 42.0 Å². The van der Waals surface area contributed by atoms with Crippen molar-refractivity contribution >= 4 is 37.8 Å². The number of nitrogens with zero attached hydrogens (tertiary/aromatic N) is 2. The molecule has 15 heteroatoms. The quantitative estimate of drug-likeness (QED) is 0.132. The Morgan fingerprint density at radius 3 is 1.40 bits per heavy atom. The van der Waals surface area contributed by atoms with E-state index in [-0.39, 0.29) is 62.5 Å². The minimum absolute atomic E-state index is 0.0788. The topological polar surface area (TPSA) is 120 Å². The number of aliphatic hydroxyl groups excluding tert-OH is 1. The van der Waals surface area contributed by atoms with Crippen molar-refractivity contribution in [2.24, 2.45) is 0 Å². The molecule has 0 amide bonds. The van der Waals surface area contributed by atoms with Crippen molar-refractivity contribution in [3.8, 4) is 22.9 Å². The molecule has 0 aliphatic heterocycles. The summed E-state index contributed by atoms with van der Waals surface area (Å²) in [7, 11) is 0. The van der Waals surface area contributed by atoms with Crippen molar-refractivity contribution in [3.05, 3.63) is 184 Å². The first-order chi connectivity index (χ1) is 26.2. The minimum Gasteiger partial charge on any atom is -0.487 e. The van der Waals surface area contributed by atoms with Gasteiger partial charge in [-0.1, -0.05) is 12.1 Å². The normalized spacial score (nSPS) is 10.8. The summed E-state index contributed by atoms with van der Waals surface area (Å²) < 4.78 is 67.8. The zero-order valence-corrected chi connectivity index (χ0v) is 32.1. The Labute approximate surface area is 327 Å². The first kappa shape index (κ1) is 40.7. The van der Waals surface area contributed by atoms with Crippen LogP contribution in [0.25, 0.3) is 11.4 Å². The lowest BCUT2D eigenvalue weighted by atomic mass is 10.2. The Morgan fingerprint density at radius 2 is 1.04 bits per heavy atom. The molecule has 6 aromatic rings. The highest BCUT2D eigenvalue weighted by molar-refractivity contribution is 9.10. The summed E-state index contributed by atoms with van der Waals surface area (Å²) in [5.74, 6) is -3.37. The van der Waals surface area contributed by atoms with Gasteiger partial charge >= 0.3 is 5.97 Å². The summed E-state index contributed by atoms with van der Waals surface area (Å²) in [5, 5.41) is 18.1. The van der Waals surface area contributed by atoms with Crippen molar-refractivity contribution in [3.63, 3.8) is 0 Å². The molecular weight excluding hydrogens is 856 g/mol. The molecule has 0 bridgehead atoms. The van der Waals surface area contributed by atoms with Crippen LogP contribution in [0.1, 0.15) is 38.4 Å². The van der Waals surface area contributed by atoms with Gasteiger partial charge in [0, 0.05) is 58.2 Å². The van der Waals surface area contributed by atoms with Gasteiger partial charge in [-0.25, -0.2) is 22.4 Å². The van der Waals surface area contributed by atoms with Gasteiger partial charge in [-0.3, -0.25) is 18.7 Å². The van der Waals surface area contributed by atoms with Crippen molar-refractivity contribution in [2.45, 2.75) is 33.7 Å². The molecule has 0 atom stereocenters. The van der Waals surface area contributed by atoms with Crippen LogP contribution in [0.2, 0.25) is 0 Å². The molecule has 2 N–H and O–H groups in total. The maximum Gasteiger partial charge on any atom is 0.335 e. The van der Waals surface area contributed by atoms with E-state index in [1.165, 1.54) is 45.5 Å². The smallest absolute Gasteiger partial charge is 0.335 e. The summed E-state index contributed by atoms with van der Waals surface area (Å²) in [5.41, 5.74) is 2.72. The van der Waals surface area contributed by atoms with E-state index < -0.39 is 34.8 Å². The molecule has 0 unspecified atom stereocenters. The third-order valence-corrected chi connectivity index (χ3v) is 9.61. The van der Waals surface area contributed by atoms with E-state index in [2.05, 4.69) is 31.9 Å². The fraction of sp³-hybridized carbons (Fsp3) is 0.125. The molecule has 0 spiro atoms. The van der Waals surface area contributed by atoms with Crippen LogP contribution in [-0.2, 0) is 19.8 Å². The molecule has 55 heavy (non-hydrogen) atoms. The SMILES string of the molecule is Cc1cc(OCc2ccc(F)cc2F)c(Br)c(=O)n1-c1ccc(C(=O)O)cc1.Cc1cc(OCc2ccc(F)cc2F)c(Br)c(=O)n1-c1ccc(CO)cc1. The molecule has 0 aliphatic rings. The third-order valence-electron chi connectivity index (χ3n) is 8.15. The molecule has 0 aliphatic carbocycles. The molecule has 284 valence electrons. The van der Waals surface area contributed by atoms with Crippen molar-refractivity contribution in [2.75, 3.05) is 0 Å². The number of carbonyl (C=O) groups is 1. The standard InChI is InChI=1S/C20H14BrF2NO4.C20H16BrF2NO3/c1-11-8-17(28-10-13-2-5-14(22)9-16(13)23)18(21)19(25)24(11)15-6-3-12(4-7-15)20(26)27;1-12-8-18(27-11-14-4-5-15(22)9-17(14)23)19(21)20(26)24(12)16-6-2-13(10-25)3-7-16/h2-9H,10H2,1H3,(H,26,27);2-9,25H,10-11H2,1H3. The van der Waals surface area contributed by atoms with Gasteiger partial charge in [0.1, 0.15) is 56.9 Å².